The number of carbonyl (C=O) groups is 2. The van der Waals surface area contributed by atoms with Gasteiger partial charge in [0.1, 0.15) is 0 Å². The number of hydrogen-bond acceptors (Lipinski definition) is 4. The molecule has 0 spiro atoms. The van der Waals surface area contributed by atoms with Gasteiger partial charge in [-0.15, -0.1) is 0 Å². The molecular formula is C11H21N3O3. The fraction of sp³-hybridized carbons (Fsp3) is 0.818. The molecule has 17 heavy (non-hydrogen) atoms. The number of amides is 3. The minimum atomic E-state index is -0.456. The van der Waals surface area contributed by atoms with Crippen LogP contribution in [0.4, 0.5) is 4.79 Å². The van der Waals surface area contributed by atoms with Gasteiger partial charge >= 0.3 is 6.03 Å². The van der Waals surface area contributed by atoms with E-state index in [2.05, 4.69) is 10.6 Å². The summed E-state index contributed by atoms with van der Waals surface area (Å²) < 4.78 is 0. The molecule has 98 valence electrons. The highest BCUT2D eigenvalue weighted by Gasteiger charge is 2.23. The van der Waals surface area contributed by atoms with Crippen molar-refractivity contribution in [1.82, 2.24) is 15.5 Å². The first kappa shape index (κ1) is 13.9. The first-order valence-electron chi connectivity index (χ1n) is 5.94. The van der Waals surface area contributed by atoms with Crippen molar-refractivity contribution in [3.05, 3.63) is 0 Å². The van der Waals surface area contributed by atoms with E-state index in [0.29, 0.717) is 0 Å². The zero-order valence-electron chi connectivity index (χ0n) is 10.4. The molecule has 0 bridgehead atoms. The molecule has 0 aromatic heterocycles. The normalized spacial score (nSPS) is 20.6. The molecule has 6 nitrogen and oxygen atoms in total. The minimum Gasteiger partial charge on any atom is -0.396 e. The molecule has 1 atom stereocenters. The third kappa shape index (κ3) is 5.14. The monoisotopic (exact) mass is 243 g/mol. The van der Waals surface area contributed by atoms with Crippen LogP contribution in [-0.2, 0) is 4.79 Å². The third-order valence-corrected chi connectivity index (χ3v) is 2.67. The van der Waals surface area contributed by atoms with Gasteiger partial charge in [-0.1, -0.05) is 0 Å². The van der Waals surface area contributed by atoms with E-state index in [1.54, 1.807) is 0 Å². The number of likely N-dealkylation sites (tertiary alicyclic amines) is 1. The van der Waals surface area contributed by atoms with Gasteiger partial charge in [-0.3, -0.25) is 15.0 Å². The highest BCUT2D eigenvalue weighted by Crippen LogP contribution is 2.14. The number of nitrogens with one attached hydrogen (secondary N) is 2. The first-order chi connectivity index (χ1) is 8.01. The van der Waals surface area contributed by atoms with E-state index in [4.69, 9.17) is 5.11 Å². The molecule has 1 unspecified atom stereocenters. The summed E-state index contributed by atoms with van der Waals surface area (Å²) in [6.45, 7) is 5.54. The minimum absolute atomic E-state index is 0.00774. The van der Waals surface area contributed by atoms with Crippen molar-refractivity contribution in [3.63, 3.8) is 0 Å². The molecule has 0 saturated carbocycles. The fourth-order valence-electron chi connectivity index (χ4n) is 1.87. The number of hydrogen-bond donors (Lipinski definition) is 3. The van der Waals surface area contributed by atoms with Crippen molar-refractivity contribution in [1.29, 1.82) is 0 Å². The van der Waals surface area contributed by atoms with E-state index in [-0.39, 0.29) is 31.0 Å². The SMILES string of the molecule is CC(C)NC(=O)NC(=O)CN1CCC(CO)C1. The van der Waals surface area contributed by atoms with Gasteiger partial charge in [-0.25, -0.2) is 4.79 Å². The van der Waals surface area contributed by atoms with Gasteiger partial charge in [-0.2, -0.15) is 0 Å². The van der Waals surface area contributed by atoms with Crippen molar-refractivity contribution in [2.45, 2.75) is 26.3 Å². The van der Waals surface area contributed by atoms with Crippen LogP contribution in [0.2, 0.25) is 0 Å². The zero-order chi connectivity index (χ0) is 12.8. The zero-order valence-corrected chi connectivity index (χ0v) is 10.4. The summed E-state index contributed by atoms with van der Waals surface area (Å²) in [6.07, 6.45) is 0.905. The summed E-state index contributed by atoms with van der Waals surface area (Å²) >= 11 is 0. The van der Waals surface area contributed by atoms with E-state index in [1.165, 1.54) is 0 Å². The quantitative estimate of drug-likeness (QED) is 0.624. The van der Waals surface area contributed by atoms with Gasteiger partial charge in [0.25, 0.3) is 0 Å². The highest BCUT2D eigenvalue weighted by molar-refractivity contribution is 5.95. The van der Waals surface area contributed by atoms with Crippen molar-refractivity contribution in [2.24, 2.45) is 5.92 Å². The van der Waals surface area contributed by atoms with Crippen LogP contribution in [0.25, 0.3) is 0 Å². The standard InChI is InChI=1S/C11H21N3O3/c1-8(2)12-11(17)13-10(16)6-14-4-3-9(5-14)7-15/h8-9,15H,3-7H2,1-2H3,(H2,12,13,16,17). The predicted octanol–water partition coefficient (Wildman–Crippen LogP) is -0.465. The second-order valence-corrected chi connectivity index (χ2v) is 4.75. The lowest BCUT2D eigenvalue weighted by Gasteiger charge is -2.15. The van der Waals surface area contributed by atoms with Gasteiger partial charge in [0.05, 0.1) is 6.54 Å². The number of carbonyl (C=O) groups excluding carboxylic acids is 2. The molecule has 1 aliphatic rings. The predicted molar refractivity (Wildman–Crippen MR) is 63.4 cm³/mol. The highest BCUT2D eigenvalue weighted by atomic mass is 16.3. The molecule has 1 fully saturated rings. The van der Waals surface area contributed by atoms with Crippen LogP contribution in [0.15, 0.2) is 0 Å². The van der Waals surface area contributed by atoms with Crippen LogP contribution < -0.4 is 10.6 Å². The van der Waals surface area contributed by atoms with E-state index >= 15 is 0 Å². The average Bonchev–Trinajstić information content (AvgIpc) is 2.63. The Balaban J connectivity index is 2.23. The van der Waals surface area contributed by atoms with Crippen LogP contribution in [0.3, 0.4) is 0 Å². The summed E-state index contributed by atoms with van der Waals surface area (Å²) in [7, 11) is 0. The van der Waals surface area contributed by atoms with E-state index in [1.807, 2.05) is 18.7 Å². The Labute approximate surface area is 101 Å². The van der Waals surface area contributed by atoms with Crippen molar-refractivity contribution < 1.29 is 14.7 Å². The summed E-state index contributed by atoms with van der Waals surface area (Å²) in [4.78, 5) is 24.7. The summed E-state index contributed by atoms with van der Waals surface area (Å²) in [5.74, 6) is -0.0472. The maximum atomic E-state index is 11.5. The maximum Gasteiger partial charge on any atom is 0.321 e. The molecule has 6 heteroatoms. The Morgan fingerprint density at radius 1 is 1.47 bits per heavy atom. The van der Waals surface area contributed by atoms with Crippen molar-refractivity contribution in [3.8, 4) is 0 Å². The van der Waals surface area contributed by atoms with Gasteiger partial charge in [0, 0.05) is 19.2 Å². The smallest absolute Gasteiger partial charge is 0.321 e. The average molecular weight is 243 g/mol. The van der Waals surface area contributed by atoms with Crippen LogP contribution >= 0.6 is 0 Å². The van der Waals surface area contributed by atoms with Gasteiger partial charge in [-0.05, 0) is 32.7 Å². The van der Waals surface area contributed by atoms with E-state index in [0.717, 1.165) is 19.5 Å². The Bertz CT molecular complexity index is 281. The number of urea groups is 1. The molecule has 3 amide bonds. The summed E-state index contributed by atoms with van der Waals surface area (Å²) in [5, 5.41) is 13.8. The molecule has 3 N–H and O–H groups in total. The molecule has 0 aromatic carbocycles. The topological polar surface area (TPSA) is 81.7 Å². The fourth-order valence-corrected chi connectivity index (χ4v) is 1.87. The number of rotatable bonds is 4. The molecule has 1 heterocycles. The van der Waals surface area contributed by atoms with Crippen LogP contribution in [0, 0.1) is 5.92 Å². The first-order valence-corrected chi connectivity index (χ1v) is 5.94. The second-order valence-electron chi connectivity index (χ2n) is 4.75. The Hall–Kier alpha value is -1.14. The Morgan fingerprint density at radius 3 is 2.71 bits per heavy atom. The van der Waals surface area contributed by atoms with Crippen LogP contribution in [-0.4, -0.2) is 54.2 Å². The van der Waals surface area contributed by atoms with Crippen LogP contribution in [0.1, 0.15) is 20.3 Å². The van der Waals surface area contributed by atoms with Crippen LogP contribution in [0.5, 0.6) is 0 Å². The Kier molecular flexibility index (Phi) is 5.37. The lowest BCUT2D eigenvalue weighted by molar-refractivity contribution is -0.121. The summed E-state index contributed by atoms with van der Waals surface area (Å²) in [5.41, 5.74) is 0. The number of nitrogens with zero attached hydrogens (tertiary/aromatic N) is 1. The number of aliphatic hydroxyl groups excluding tert-OH is 1. The Morgan fingerprint density at radius 2 is 2.18 bits per heavy atom. The molecule has 1 rings (SSSR count). The lowest BCUT2D eigenvalue weighted by Crippen LogP contribution is -2.46. The molecule has 0 aromatic rings. The molecule has 0 aliphatic carbocycles. The molecular weight excluding hydrogens is 222 g/mol. The number of imide groups is 1. The van der Waals surface area contributed by atoms with Crippen molar-refractivity contribution in [2.75, 3.05) is 26.2 Å². The van der Waals surface area contributed by atoms with E-state index < -0.39 is 6.03 Å². The number of aliphatic hydroxyl groups is 1. The van der Waals surface area contributed by atoms with Crippen molar-refractivity contribution >= 4 is 11.9 Å². The molecule has 0 radical (unpaired) electrons. The molecule has 1 saturated heterocycles. The lowest BCUT2D eigenvalue weighted by atomic mass is 10.1. The van der Waals surface area contributed by atoms with Gasteiger partial charge in [0.2, 0.25) is 5.91 Å². The van der Waals surface area contributed by atoms with E-state index in [9.17, 15) is 9.59 Å². The summed E-state index contributed by atoms with van der Waals surface area (Å²) in [6, 6.07) is -0.448. The molecule has 1 aliphatic heterocycles. The third-order valence-electron chi connectivity index (χ3n) is 2.67. The maximum absolute atomic E-state index is 11.5. The second kappa shape index (κ2) is 6.56. The largest absolute Gasteiger partial charge is 0.396 e. The van der Waals surface area contributed by atoms with Gasteiger partial charge < -0.3 is 10.4 Å². The van der Waals surface area contributed by atoms with Gasteiger partial charge in [0.15, 0.2) is 0 Å².